The molecule has 0 bridgehead atoms. The minimum atomic E-state index is -4.47. The van der Waals surface area contributed by atoms with Crippen molar-refractivity contribution in [1.82, 2.24) is 3.97 Å². The Balaban J connectivity index is 0.000000250. The van der Waals surface area contributed by atoms with E-state index in [-0.39, 0.29) is 79.6 Å². The molecule has 0 radical (unpaired) electrons. The number of ether oxygens (including phenoxy) is 1. The first-order chi connectivity index (χ1) is 27.4. The van der Waals surface area contributed by atoms with Crippen LogP contribution in [0.1, 0.15) is 64.5 Å². The zero-order valence-corrected chi connectivity index (χ0v) is 34.6. The number of methoxy groups -OCH3 is 1. The van der Waals surface area contributed by atoms with E-state index < -0.39 is 22.3 Å². The van der Waals surface area contributed by atoms with E-state index in [9.17, 15) is 31.6 Å². The van der Waals surface area contributed by atoms with Crippen LogP contribution >= 0.6 is 15.9 Å². The summed E-state index contributed by atoms with van der Waals surface area (Å²) < 4.78 is 87.9. The number of aromatic nitrogens is 1. The molecule has 7 rings (SSSR count). The summed E-state index contributed by atoms with van der Waals surface area (Å²) in [7, 11) is -3.30. The van der Waals surface area contributed by atoms with Gasteiger partial charge in [0.05, 0.1) is 53.0 Å². The number of allylic oxidation sites excluding steroid dienone is 2. The number of hydrogen-bond acceptors (Lipinski definition) is 7. The van der Waals surface area contributed by atoms with E-state index in [0.717, 1.165) is 58.7 Å². The van der Waals surface area contributed by atoms with E-state index in [1.807, 2.05) is 27.7 Å². The number of nitriles is 1. The molecule has 0 saturated carbocycles. The van der Waals surface area contributed by atoms with Gasteiger partial charge in [-0.2, -0.15) is 5.26 Å². The van der Waals surface area contributed by atoms with Gasteiger partial charge in [0.15, 0.2) is 5.69 Å². The quantitative estimate of drug-likeness (QED) is 0.0909. The summed E-state index contributed by atoms with van der Waals surface area (Å²) in [5, 5.41) is 10.1. The van der Waals surface area contributed by atoms with Crippen molar-refractivity contribution in [3.05, 3.63) is 129 Å². The van der Waals surface area contributed by atoms with Crippen molar-refractivity contribution < 1.29 is 40.4 Å². The smallest absolute Gasteiger partial charge is 0.469 e. The second-order valence-electron chi connectivity index (χ2n) is 14.8. The summed E-state index contributed by atoms with van der Waals surface area (Å²) in [6, 6.07) is 21.1. The Labute approximate surface area is 344 Å². The van der Waals surface area contributed by atoms with Crippen molar-refractivity contribution in [2.24, 2.45) is 5.92 Å². The highest BCUT2D eigenvalue weighted by molar-refractivity contribution is 9.10. The summed E-state index contributed by atoms with van der Waals surface area (Å²) in [5.41, 5.74) is 1.27. The van der Waals surface area contributed by atoms with Crippen LogP contribution < -0.4 is 0 Å². The molecule has 4 aromatic carbocycles. The molecule has 58 heavy (non-hydrogen) atoms. The zero-order valence-electron chi connectivity index (χ0n) is 32.2. The maximum absolute atomic E-state index is 14.7. The number of carbonyl (C=O) groups excluding carboxylic acids is 1. The molecule has 1 unspecified atom stereocenters. The van der Waals surface area contributed by atoms with Gasteiger partial charge in [-0.1, -0.05) is 58.4 Å². The minimum absolute atomic E-state index is 0.0174. The van der Waals surface area contributed by atoms with Crippen LogP contribution in [0.15, 0.2) is 106 Å². The molecule has 9 nitrogen and oxygen atoms in total. The lowest BCUT2D eigenvalue weighted by Gasteiger charge is -2.32. The monoisotopic (exact) mass is 871 g/mol. The minimum Gasteiger partial charge on any atom is -0.469 e. The first-order valence-corrected chi connectivity index (χ1v) is 20.4. The third-order valence-electron chi connectivity index (χ3n) is 10.7. The molecular formula is C43H38BBrF3N3O6S. The fourth-order valence-corrected chi connectivity index (χ4v) is 8.90. The van der Waals surface area contributed by atoms with Crippen LogP contribution in [-0.4, -0.2) is 43.8 Å². The maximum Gasteiger partial charge on any atom is 0.490 e. The highest BCUT2D eigenvalue weighted by atomic mass is 79.9. The summed E-state index contributed by atoms with van der Waals surface area (Å²) in [6.45, 7) is 15.9. The molecule has 0 amide bonds. The van der Waals surface area contributed by atoms with E-state index >= 15 is 0 Å². The predicted molar refractivity (Wildman–Crippen MR) is 219 cm³/mol. The number of alkyl halides is 2. The molecule has 1 aliphatic carbocycles. The molecule has 1 saturated heterocycles. The molecular weight excluding hydrogens is 834 g/mol. The summed E-state index contributed by atoms with van der Waals surface area (Å²) in [4.78, 5) is 14.8. The van der Waals surface area contributed by atoms with E-state index in [4.69, 9.17) is 20.6 Å². The highest BCUT2D eigenvalue weighted by Gasteiger charge is 2.52. The molecule has 1 aliphatic heterocycles. The number of esters is 1. The van der Waals surface area contributed by atoms with Crippen LogP contribution in [0.25, 0.3) is 38.1 Å². The normalized spacial score (nSPS) is 17.2. The Morgan fingerprint density at radius 3 is 2.26 bits per heavy atom. The fourth-order valence-electron chi connectivity index (χ4n) is 6.96. The molecule has 0 spiro atoms. The van der Waals surface area contributed by atoms with Crippen LogP contribution in [-0.2, 0) is 28.9 Å². The van der Waals surface area contributed by atoms with Gasteiger partial charge in [0.25, 0.3) is 16.4 Å². The molecule has 1 aromatic heterocycles. The Hall–Kier alpha value is -5.19. The average molecular weight is 873 g/mol. The number of carbonyl (C=O) groups is 1. The molecule has 298 valence electrons. The largest absolute Gasteiger partial charge is 0.490 e. The van der Waals surface area contributed by atoms with Crippen molar-refractivity contribution in [2.45, 2.75) is 69.5 Å². The summed E-state index contributed by atoms with van der Waals surface area (Å²) in [6.07, 6.45) is 1.65. The molecule has 1 fully saturated rings. The van der Waals surface area contributed by atoms with Gasteiger partial charge in [-0.25, -0.2) is 30.4 Å². The van der Waals surface area contributed by atoms with Crippen LogP contribution in [0, 0.1) is 29.6 Å². The number of halogens is 4. The van der Waals surface area contributed by atoms with Crippen LogP contribution in [0.5, 0.6) is 0 Å². The second-order valence-corrected chi connectivity index (χ2v) is 17.5. The van der Waals surface area contributed by atoms with Crippen LogP contribution in [0.4, 0.5) is 18.9 Å². The summed E-state index contributed by atoms with van der Waals surface area (Å²) >= 11 is 3.40. The predicted octanol–water partition coefficient (Wildman–Crippen LogP) is 11.0. The van der Waals surface area contributed by atoms with Crippen LogP contribution in [0.2, 0.25) is 0 Å². The molecule has 2 heterocycles. The van der Waals surface area contributed by atoms with Gasteiger partial charge in [-0.15, -0.1) is 0 Å². The van der Waals surface area contributed by atoms with E-state index in [0.29, 0.717) is 16.5 Å². The first kappa shape index (κ1) is 42.4. The molecule has 5 aromatic rings. The molecule has 0 N–H and O–H groups in total. The summed E-state index contributed by atoms with van der Waals surface area (Å²) in [5.74, 6) is -0.792. The number of fused-ring (bicyclic) bond motifs is 1. The standard InChI is InChI=1S/C29H15BrF3N3O2S.C14H23BO4/c1-35-24-7-3-5-19(16-34)26(24)27-23-15-21(31)10-13-25(23)36(28(27)18-4-2-6-20(30)14-18)39(37,38)22-11-8-17(9-12-22)29(32)33;1-13(2)14(3,4)19-15(18-13)11-8-6-10(7-9-11)12(16)17-5/h2-15,29H;8,10H,6-7,9H2,1-5H3. The number of hydrogen-bond donors (Lipinski definition) is 0. The van der Waals surface area contributed by atoms with Crippen molar-refractivity contribution in [1.29, 1.82) is 5.26 Å². The zero-order chi connectivity index (χ0) is 42.2. The lowest BCUT2D eigenvalue weighted by atomic mass is 9.70. The number of rotatable bonds is 7. The third kappa shape index (κ3) is 8.09. The topological polar surface area (TPSA) is 112 Å². The molecule has 2 aliphatic rings. The van der Waals surface area contributed by atoms with Gasteiger partial charge in [0.1, 0.15) is 5.82 Å². The van der Waals surface area contributed by atoms with E-state index in [1.54, 1.807) is 24.3 Å². The average Bonchev–Trinajstić information content (AvgIpc) is 3.66. The van der Waals surface area contributed by atoms with Gasteiger partial charge in [-0.05, 0) is 101 Å². The first-order valence-electron chi connectivity index (χ1n) is 18.2. The van der Waals surface area contributed by atoms with Gasteiger partial charge >= 0.3 is 13.1 Å². The third-order valence-corrected chi connectivity index (χ3v) is 12.9. The lowest BCUT2D eigenvalue weighted by Crippen LogP contribution is -2.41. The molecule has 1 atom stereocenters. The van der Waals surface area contributed by atoms with E-state index in [2.05, 4.69) is 32.9 Å². The lowest BCUT2D eigenvalue weighted by molar-refractivity contribution is -0.145. The number of benzene rings is 4. The fraction of sp³-hybridized carbons (Fsp3) is 0.279. The van der Waals surface area contributed by atoms with Gasteiger partial charge in [0, 0.05) is 37.7 Å². The van der Waals surface area contributed by atoms with Crippen molar-refractivity contribution >= 4 is 55.6 Å². The highest BCUT2D eigenvalue weighted by Crippen LogP contribution is 2.48. The van der Waals surface area contributed by atoms with Gasteiger partial charge in [0.2, 0.25) is 0 Å². The Kier molecular flexibility index (Phi) is 12.1. The second kappa shape index (κ2) is 16.6. The maximum atomic E-state index is 14.7. The van der Waals surface area contributed by atoms with Crippen molar-refractivity contribution in [2.75, 3.05) is 7.11 Å². The van der Waals surface area contributed by atoms with Crippen molar-refractivity contribution in [3.8, 4) is 28.5 Å². The number of nitrogens with zero attached hydrogens (tertiary/aromatic N) is 3. The molecule has 15 heteroatoms. The Bertz CT molecular complexity index is 2580. The van der Waals surface area contributed by atoms with Crippen LogP contribution in [0.3, 0.4) is 0 Å². The van der Waals surface area contributed by atoms with E-state index in [1.165, 1.54) is 31.4 Å². The Morgan fingerprint density at radius 1 is 1.02 bits per heavy atom. The van der Waals surface area contributed by atoms with Gasteiger partial charge in [-0.3, -0.25) is 4.79 Å². The SMILES string of the molecule is COC(=O)C1CC=C(B2OC(C)(C)C(C)(C)O2)CC1.[C-]#[N+]c1cccc(C#N)c1-c1c(-c2cccc(Br)c2)n(S(=O)(=O)c2ccc(C(F)F)cc2)c2ccc(F)cc12. The Morgan fingerprint density at radius 2 is 1.69 bits per heavy atom. The van der Waals surface area contributed by atoms with Crippen molar-refractivity contribution in [3.63, 3.8) is 0 Å². The van der Waals surface area contributed by atoms with Gasteiger partial charge < -0.3 is 14.0 Å².